The van der Waals surface area contributed by atoms with Crippen LogP contribution in [0.1, 0.15) is 24.4 Å². The van der Waals surface area contributed by atoms with Crippen molar-refractivity contribution in [3.8, 4) is 0 Å². The first-order valence-electron chi connectivity index (χ1n) is 7.34. The summed E-state index contributed by atoms with van der Waals surface area (Å²) in [6.07, 6.45) is 5.84. The van der Waals surface area contributed by atoms with Crippen LogP contribution in [0.25, 0.3) is 0 Å². The summed E-state index contributed by atoms with van der Waals surface area (Å²) in [5.41, 5.74) is 3.75. The third kappa shape index (κ3) is 1.90. The Kier molecular flexibility index (Phi) is 2.88. The molecule has 106 valence electrons. The summed E-state index contributed by atoms with van der Waals surface area (Å²) >= 11 is 0. The van der Waals surface area contributed by atoms with Crippen molar-refractivity contribution in [2.75, 3.05) is 13.2 Å². The van der Waals surface area contributed by atoms with Crippen molar-refractivity contribution < 1.29 is 14.7 Å². The molecule has 1 unspecified atom stereocenters. The fraction of sp³-hybridized carbons (Fsp3) is 0.294. The maximum atomic E-state index is 10.7. The molecule has 0 fully saturated rings. The standard InChI is InChI=1S/C17H17N2O2/c20-19-14-9-4-10-18-15(14)17-13(8-5-11-21-17)16(19)12-6-2-1-3-7-12/h1-3,5-8,16,20H,4,9-11H2/q+1. The van der Waals surface area contributed by atoms with Crippen LogP contribution in [0.4, 0.5) is 0 Å². The molecule has 3 aliphatic heterocycles. The molecule has 21 heavy (non-hydrogen) atoms. The predicted octanol–water partition coefficient (Wildman–Crippen LogP) is 2.66. The average Bonchev–Trinajstić information content (AvgIpc) is 2.56. The summed E-state index contributed by atoms with van der Waals surface area (Å²) in [6.45, 7) is 1.37. The zero-order valence-corrected chi connectivity index (χ0v) is 11.7. The van der Waals surface area contributed by atoms with Gasteiger partial charge in [-0.15, -0.1) is 0 Å². The van der Waals surface area contributed by atoms with Crippen LogP contribution in [0.2, 0.25) is 0 Å². The highest BCUT2D eigenvalue weighted by atomic mass is 16.5. The van der Waals surface area contributed by atoms with Gasteiger partial charge in [0.15, 0.2) is 11.5 Å². The summed E-state index contributed by atoms with van der Waals surface area (Å²) in [4.78, 5) is 4.58. The number of fused-ring (bicyclic) bond motifs is 2. The lowest BCUT2D eigenvalue weighted by Crippen LogP contribution is -2.39. The van der Waals surface area contributed by atoms with Gasteiger partial charge in [-0.05, 0) is 23.3 Å². The first-order chi connectivity index (χ1) is 10.4. The minimum atomic E-state index is -0.218. The van der Waals surface area contributed by atoms with E-state index in [9.17, 15) is 5.21 Å². The van der Waals surface area contributed by atoms with Gasteiger partial charge in [0.2, 0.25) is 0 Å². The minimum Gasteiger partial charge on any atom is -0.486 e. The average molecular weight is 281 g/mol. The van der Waals surface area contributed by atoms with E-state index in [0.717, 1.165) is 47.7 Å². The van der Waals surface area contributed by atoms with Crippen molar-refractivity contribution in [1.29, 1.82) is 0 Å². The van der Waals surface area contributed by atoms with Crippen LogP contribution in [0.5, 0.6) is 0 Å². The van der Waals surface area contributed by atoms with Crippen molar-refractivity contribution in [2.45, 2.75) is 18.9 Å². The molecule has 1 aromatic rings. The molecule has 4 nitrogen and oxygen atoms in total. The van der Waals surface area contributed by atoms with Gasteiger partial charge in [0, 0.05) is 18.5 Å². The lowest BCUT2D eigenvalue weighted by atomic mass is 9.89. The third-order valence-electron chi connectivity index (χ3n) is 4.14. The summed E-state index contributed by atoms with van der Waals surface area (Å²) < 4.78 is 7.23. The summed E-state index contributed by atoms with van der Waals surface area (Å²) in [7, 11) is 0. The highest BCUT2D eigenvalue weighted by Gasteiger charge is 2.44. The molecule has 0 amide bonds. The molecule has 3 heterocycles. The molecule has 0 bridgehead atoms. The predicted molar refractivity (Wildman–Crippen MR) is 79.9 cm³/mol. The highest BCUT2D eigenvalue weighted by molar-refractivity contribution is 6.47. The molecular weight excluding hydrogens is 264 g/mol. The van der Waals surface area contributed by atoms with Crippen molar-refractivity contribution in [3.05, 3.63) is 59.4 Å². The normalized spacial score (nSPS) is 24.2. The molecule has 0 radical (unpaired) electrons. The zero-order chi connectivity index (χ0) is 14.2. The Morgan fingerprint density at radius 3 is 2.95 bits per heavy atom. The van der Waals surface area contributed by atoms with Crippen molar-refractivity contribution in [3.63, 3.8) is 0 Å². The molecule has 1 aromatic carbocycles. The second-order valence-corrected chi connectivity index (χ2v) is 5.44. The van der Waals surface area contributed by atoms with Crippen molar-refractivity contribution >= 4 is 11.4 Å². The van der Waals surface area contributed by atoms with E-state index in [4.69, 9.17) is 4.74 Å². The van der Waals surface area contributed by atoms with Gasteiger partial charge in [0.05, 0.1) is 5.57 Å². The lowest BCUT2D eigenvalue weighted by molar-refractivity contribution is -0.799. The van der Waals surface area contributed by atoms with Crippen LogP contribution < -0.4 is 0 Å². The Labute approximate surface area is 123 Å². The molecule has 0 saturated carbocycles. The van der Waals surface area contributed by atoms with Gasteiger partial charge in [-0.1, -0.05) is 30.3 Å². The minimum absolute atomic E-state index is 0.218. The summed E-state index contributed by atoms with van der Waals surface area (Å²) in [5, 5.41) is 10.7. The number of aliphatic imine (C=N–C) groups is 1. The lowest BCUT2D eigenvalue weighted by Gasteiger charge is -2.27. The molecule has 3 aliphatic rings. The van der Waals surface area contributed by atoms with E-state index in [1.54, 1.807) is 0 Å². The van der Waals surface area contributed by atoms with Crippen LogP contribution in [-0.2, 0) is 4.74 Å². The van der Waals surface area contributed by atoms with Gasteiger partial charge in [0.25, 0.3) is 11.8 Å². The number of rotatable bonds is 1. The number of allylic oxidation sites excluding steroid dienone is 1. The first-order valence-corrected chi connectivity index (χ1v) is 7.34. The number of nitrogens with zero attached hydrogens (tertiary/aromatic N) is 2. The van der Waals surface area contributed by atoms with Crippen LogP contribution in [-0.4, -0.2) is 34.5 Å². The maximum absolute atomic E-state index is 10.7. The van der Waals surface area contributed by atoms with E-state index in [1.807, 2.05) is 42.5 Å². The van der Waals surface area contributed by atoms with Gasteiger partial charge in [0.1, 0.15) is 6.61 Å². The summed E-state index contributed by atoms with van der Waals surface area (Å²) in [5.74, 6) is 0.839. The Balaban J connectivity index is 1.93. The molecule has 4 rings (SSSR count). The summed E-state index contributed by atoms with van der Waals surface area (Å²) in [6, 6.07) is 9.82. The second-order valence-electron chi connectivity index (χ2n) is 5.44. The third-order valence-corrected chi connectivity index (χ3v) is 4.14. The first kappa shape index (κ1) is 12.4. The second kappa shape index (κ2) is 4.88. The van der Waals surface area contributed by atoms with Gasteiger partial charge >= 0.3 is 0 Å². The van der Waals surface area contributed by atoms with Crippen LogP contribution >= 0.6 is 0 Å². The zero-order valence-electron chi connectivity index (χ0n) is 11.7. The van der Waals surface area contributed by atoms with Crippen LogP contribution in [0, 0.1) is 0 Å². The SMILES string of the molecule is O[N+]1=C2CCCN=C2C2=C(C=CCO2)C1c1ccccc1. The molecular formula is C17H17N2O2+. The Morgan fingerprint density at radius 2 is 2.10 bits per heavy atom. The van der Waals surface area contributed by atoms with Gasteiger partial charge in [-0.2, -0.15) is 0 Å². The Hall–Kier alpha value is -2.36. The topological polar surface area (TPSA) is 44.8 Å². The number of hydrogen-bond acceptors (Lipinski definition) is 3. The highest BCUT2D eigenvalue weighted by Crippen LogP contribution is 2.35. The van der Waals surface area contributed by atoms with E-state index in [-0.39, 0.29) is 6.04 Å². The quantitative estimate of drug-likeness (QED) is 0.635. The molecule has 4 heteroatoms. The molecule has 0 aliphatic carbocycles. The van der Waals surface area contributed by atoms with Gasteiger partial charge in [-0.3, -0.25) is 10.2 Å². The van der Waals surface area contributed by atoms with Crippen molar-refractivity contribution in [2.24, 2.45) is 4.99 Å². The van der Waals surface area contributed by atoms with Gasteiger partial charge in [-0.25, -0.2) is 0 Å². The van der Waals surface area contributed by atoms with Gasteiger partial charge < -0.3 is 4.74 Å². The van der Waals surface area contributed by atoms with E-state index in [2.05, 4.69) is 4.99 Å². The maximum Gasteiger partial charge on any atom is 0.257 e. The smallest absolute Gasteiger partial charge is 0.257 e. The number of hydroxylamine groups is 1. The van der Waals surface area contributed by atoms with E-state index < -0.39 is 0 Å². The van der Waals surface area contributed by atoms with Crippen molar-refractivity contribution in [1.82, 2.24) is 0 Å². The molecule has 0 saturated heterocycles. The molecule has 0 spiro atoms. The monoisotopic (exact) mass is 281 g/mol. The Morgan fingerprint density at radius 1 is 1.24 bits per heavy atom. The molecule has 1 atom stereocenters. The fourth-order valence-corrected chi connectivity index (χ4v) is 3.20. The molecule has 0 aromatic heterocycles. The van der Waals surface area contributed by atoms with Crippen LogP contribution in [0.3, 0.4) is 0 Å². The largest absolute Gasteiger partial charge is 0.486 e. The number of benzene rings is 1. The van der Waals surface area contributed by atoms with E-state index in [1.165, 1.54) is 4.74 Å². The fourth-order valence-electron chi connectivity index (χ4n) is 3.20. The van der Waals surface area contributed by atoms with E-state index >= 15 is 0 Å². The molecule has 1 N–H and O–H groups in total. The Bertz CT molecular complexity index is 699. The number of hydrogen-bond donors (Lipinski definition) is 1. The number of ether oxygens (including phenoxy) is 1. The van der Waals surface area contributed by atoms with E-state index in [0.29, 0.717) is 6.61 Å². The van der Waals surface area contributed by atoms with Crippen LogP contribution in [0.15, 0.2) is 58.8 Å².